The molecule has 0 aliphatic rings. The molecule has 0 fully saturated rings. The summed E-state index contributed by atoms with van der Waals surface area (Å²) < 4.78 is 50.8. The lowest BCUT2D eigenvalue weighted by atomic mass is 9.96. The number of rotatable bonds is 10. The van der Waals surface area contributed by atoms with E-state index in [1.807, 2.05) is 0 Å². The second-order valence-corrected chi connectivity index (χ2v) is 9.66. The van der Waals surface area contributed by atoms with Gasteiger partial charge in [0.15, 0.2) is 23.1 Å². The molecule has 226 valence electrons. The number of pyridine rings is 3. The van der Waals surface area contributed by atoms with E-state index in [0.717, 1.165) is 6.07 Å². The first-order valence-electron chi connectivity index (χ1n) is 13.4. The molecule has 0 unspecified atom stereocenters. The van der Waals surface area contributed by atoms with E-state index in [9.17, 15) is 14.3 Å². The van der Waals surface area contributed by atoms with Gasteiger partial charge < -0.3 is 29.4 Å². The van der Waals surface area contributed by atoms with Gasteiger partial charge in [0.05, 0.1) is 19.2 Å². The predicted molar refractivity (Wildman–Crippen MR) is 159 cm³/mol. The van der Waals surface area contributed by atoms with Crippen LogP contribution in [0.2, 0.25) is 0 Å². The van der Waals surface area contributed by atoms with Gasteiger partial charge in [-0.1, -0.05) is 6.07 Å². The molecule has 0 saturated carbocycles. The standard InChI is InChI=1S/C32H28F2N4O6/c1-17-13-19(33)5-7-21(17)28-18(2)36-16-22(30(28)39)31(40)37-20-6-8-25(23(34)14-20)44-26-9-10-35-24-15-27(42-4)32(38-29(24)26)43-12-11-41-3/h5-10,13-16H,11-12H2,1-4H3,(H,36,39)(H,37,40). The number of aryl methyl sites for hydroxylation is 2. The smallest absolute Gasteiger partial charge is 0.261 e. The molecule has 5 rings (SSSR count). The van der Waals surface area contributed by atoms with Crippen molar-refractivity contribution in [1.82, 2.24) is 15.0 Å². The molecule has 44 heavy (non-hydrogen) atoms. The van der Waals surface area contributed by atoms with Gasteiger partial charge in [-0.2, -0.15) is 0 Å². The Morgan fingerprint density at radius 2 is 1.77 bits per heavy atom. The number of nitrogens with one attached hydrogen (secondary N) is 1. The van der Waals surface area contributed by atoms with Crippen LogP contribution in [-0.4, -0.2) is 53.4 Å². The Balaban J connectivity index is 1.38. The molecule has 0 radical (unpaired) electrons. The van der Waals surface area contributed by atoms with Gasteiger partial charge >= 0.3 is 0 Å². The van der Waals surface area contributed by atoms with E-state index >= 15 is 4.39 Å². The van der Waals surface area contributed by atoms with Crippen molar-refractivity contribution in [2.75, 3.05) is 32.8 Å². The third-order valence-electron chi connectivity index (χ3n) is 6.71. The highest BCUT2D eigenvalue weighted by molar-refractivity contribution is 6.07. The summed E-state index contributed by atoms with van der Waals surface area (Å²) in [6, 6.07) is 11.1. The van der Waals surface area contributed by atoms with Crippen molar-refractivity contribution < 1.29 is 37.6 Å². The Morgan fingerprint density at radius 1 is 0.955 bits per heavy atom. The number of ether oxygens (including phenoxy) is 4. The van der Waals surface area contributed by atoms with Crippen molar-refractivity contribution in [2.45, 2.75) is 13.8 Å². The van der Waals surface area contributed by atoms with Gasteiger partial charge in [-0.25, -0.2) is 13.8 Å². The van der Waals surface area contributed by atoms with Crippen molar-refractivity contribution in [2.24, 2.45) is 0 Å². The summed E-state index contributed by atoms with van der Waals surface area (Å²) in [6.07, 6.45) is 2.71. The zero-order valence-electron chi connectivity index (χ0n) is 24.3. The second kappa shape index (κ2) is 12.9. The third-order valence-corrected chi connectivity index (χ3v) is 6.71. The van der Waals surface area contributed by atoms with Gasteiger partial charge in [-0.15, -0.1) is 0 Å². The topological polar surface area (TPSA) is 125 Å². The summed E-state index contributed by atoms with van der Waals surface area (Å²) in [7, 11) is 3.02. The number of nitrogens with zero attached hydrogens (tertiary/aromatic N) is 3. The molecule has 3 aromatic heterocycles. The van der Waals surface area contributed by atoms with Crippen LogP contribution in [0.4, 0.5) is 14.5 Å². The molecule has 12 heteroatoms. The van der Waals surface area contributed by atoms with E-state index in [1.54, 1.807) is 27.0 Å². The first kappa shape index (κ1) is 30.1. The largest absolute Gasteiger partial charge is 0.506 e. The van der Waals surface area contributed by atoms with Gasteiger partial charge in [-0.05, 0) is 49.2 Å². The summed E-state index contributed by atoms with van der Waals surface area (Å²) in [5, 5.41) is 13.6. The average molecular weight is 603 g/mol. The number of amides is 1. The van der Waals surface area contributed by atoms with Crippen LogP contribution in [0.15, 0.2) is 60.9 Å². The van der Waals surface area contributed by atoms with E-state index in [4.69, 9.17) is 18.9 Å². The Hall–Kier alpha value is -5.36. The van der Waals surface area contributed by atoms with Crippen molar-refractivity contribution >= 4 is 22.6 Å². The SMILES string of the molecule is COCCOc1nc2c(Oc3ccc(NC(=O)c4cnc(C)c(-c5ccc(F)cc5C)c4O)cc3F)ccnc2cc1OC. The lowest BCUT2D eigenvalue weighted by Crippen LogP contribution is -2.13. The van der Waals surface area contributed by atoms with E-state index in [0.29, 0.717) is 45.8 Å². The van der Waals surface area contributed by atoms with Gasteiger partial charge in [0.1, 0.15) is 29.3 Å². The summed E-state index contributed by atoms with van der Waals surface area (Å²) in [5.41, 5.74) is 2.56. The van der Waals surface area contributed by atoms with Crippen molar-refractivity contribution in [3.63, 3.8) is 0 Å². The molecule has 1 amide bonds. The fourth-order valence-electron chi connectivity index (χ4n) is 4.53. The monoisotopic (exact) mass is 602 g/mol. The Labute approximate surface area is 251 Å². The number of carbonyl (C=O) groups is 1. The molecule has 0 saturated heterocycles. The maximum Gasteiger partial charge on any atom is 0.261 e. The number of anilines is 1. The summed E-state index contributed by atoms with van der Waals surface area (Å²) >= 11 is 0. The van der Waals surface area contributed by atoms with Gasteiger partial charge in [0.2, 0.25) is 0 Å². The number of carbonyl (C=O) groups excluding carboxylic acids is 1. The first-order valence-corrected chi connectivity index (χ1v) is 13.4. The van der Waals surface area contributed by atoms with Crippen molar-refractivity contribution in [3.8, 4) is 40.0 Å². The van der Waals surface area contributed by atoms with Crippen LogP contribution in [0.25, 0.3) is 22.2 Å². The Kier molecular flexibility index (Phi) is 8.81. The molecule has 0 aliphatic heterocycles. The summed E-state index contributed by atoms with van der Waals surface area (Å²) in [4.78, 5) is 26.1. The third kappa shape index (κ3) is 6.20. The van der Waals surface area contributed by atoms with E-state index in [-0.39, 0.29) is 41.0 Å². The number of fused-ring (bicyclic) bond motifs is 1. The van der Waals surface area contributed by atoms with E-state index in [1.165, 1.54) is 55.9 Å². The Morgan fingerprint density at radius 3 is 2.50 bits per heavy atom. The summed E-state index contributed by atoms with van der Waals surface area (Å²) in [6.45, 7) is 3.92. The number of aromatic nitrogens is 3. The number of halogens is 2. The highest BCUT2D eigenvalue weighted by Crippen LogP contribution is 2.38. The molecule has 3 heterocycles. The van der Waals surface area contributed by atoms with Crippen LogP contribution in [0, 0.1) is 25.5 Å². The number of methoxy groups -OCH3 is 2. The molecular formula is C32H28F2N4O6. The van der Waals surface area contributed by atoms with E-state index < -0.39 is 17.5 Å². The minimum absolute atomic E-state index is 0.107. The van der Waals surface area contributed by atoms with Crippen LogP contribution in [0.5, 0.6) is 28.9 Å². The minimum atomic E-state index is -0.772. The zero-order chi connectivity index (χ0) is 31.4. The highest BCUT2D eigenvalue weighted by Gasteiger charge is 2.21. The maximum atomic E-state index is 15.2. The molecular weight excluding hydrogens is 574 g/mol. The second-order valence-electron chi connectivity index (χ2n) is 9.66. The molecule has 5 aromatic rings. The first-order chi connectivity index (χ1) is 21.2. The fourth-order valence-corrected chi connectivity index (χ4v) is 4.53. The number of hydrogen-bond donors (Lipinski definition) is 2. The molecule has 0 spiro atoms. The molecule has 0 bridgehead atoms. The number of hydrogen-bond acceptors (Lipinski definition) is 9. The maximum absolute atomic E-state index is 15.2. The average Bonchev–Trinajstić information content (AvgIpc) is 2.99. The van der Waals surface area contributed by atoms with Gasteiger partial charge in [0, 0.05) is 54.6 Å². The van der Waals surface area contributed by atoms with Crippen LogP contribution < -0.4 is 19.5 Å². The molecule has 10 nitrogen and oxygen atoms in total. The van der Waals surface area contributed by atoms with Crippen molar-refractivity contribution in [3.05, 3.63) is 89.4 Å². The normalized spacial score (nSPS) is 11.0. The highest BCUT2D eigenvalue weighted by atomic mass is 19.1. The number of aromatic hydroxyl groups is 1. The van der Waals surface area contributed by atoms with Crippen LogP contribution >= 0.6 is 0 Å². The van der Waals surface area contributed by atoms with Crippen molar-refractivity contribution in [1.29, 1.82) is 0 Å². The molecule has 0 aliphatic carbocycles. The zero-order valence-corrected chi connectivity index (χ0v) is 24.3. The van der Waals surface area contributed by atoms with Crippen LogP contribution in [0.3, 0.4) is 0 Å². The van der Waals surface area contributed by atoms with Crippen LogP contribution in [-0.2, 0) is 4.74 Å². The predicted octanol–water partition coefficient (Wildman–Crippen LogP) is 6.37. The van der Waals surface area contributed by atoms with Crippen LogP contribution in [0.1, 0.15) is 21.6 Å². The Bertz CT molecular complexity index is 1870. The van der Waals surface area contributed by atoms with Gasteiger partial charge in [0.25, 0.3) is 11.8 Å². The lowest BCUT2D eigenvalue weighted by Gasteiger charge is -2.15. The summed E-state index contributed by atoms with van der Waals surface area (Å²) in [5.74, 6) is -1.61. The minimum Gasteiger partial charge on any atom is -0.506 e. The molecule has 0 atom stereocenters. The fraction of sp³-hybridized carbons (Fsp3) is 0.188. The molecule has 2 N–H and O–H groups in total. The number of benzene rings is 2. The molecule has 2 aromatic carbocycles. The van der Waals surface area contributed by atoms with E-state index in [2.05, 4.69) is 20.3 Å². The lowest BCUT2D eigenvalue weighted by molar-refractivity contribution is 0.102. The quantitative estimate of drug-likeness (QED) is 0.175. The van der Waals surface area contributed by atoms with Gasteiger partial charge in [-0.3, -0.25) is 14.8 Å².